The Hall–Kier alpha value is -3.46. The predicted molar refractivity (Wildman–Crippen MR) is 124 cm³/mol. The van der Waals surface area contributed by atoms with Gasteiger partial charge in [0.05, 0.1) is 37.7 Å². The summed E-state index contributed by atoms with van der Waals surface area (Å²) in [5.41, 5.74) is 2.46. The monoisotopic (exact) mass is 450 g/mol. The second kappa shape index (κ2) is 10.4. The normalized spacial score (nSPS) is 14.8. The number of likely N-dealkylation sites (tertiary alicyclic amines) is 1. The fourth-order valence-corrected chi connectivity index (χ4v) is 4.28. The molecule has 1 atom stereocenters. The molecular weight excluding hydrogens is 420 g/mol. The van der Waals surface area contributed by atoms with Crippen molar-refractivity contribution in [1.82, 2.24) is 30.2 Å². The number of carbonyl (C=O) groups is 1. The molecular formula is C24H30N6O3. The molecule has 1 saturated heterocycles. The van der Waals surface area contributed by atoms with Gasteiger partial charge in [-0.3, -0.25) is 9.69 Å². The number of amides is 1. The van der Waals surface area contributed by atoms with E-state index in [9.17, 15) is 4.79 Å². The van der Waals surface area contributed by atoms with E-state index in [-0.39, 0.29) is 11.9 Å². The van der Waals surface area contributed by atoms with Crippen molar-refractivity contribution in [3.05, 3.63) is 59.4 Å². The molecule has 0 radical (unpaired) electrons. The molecule has 1 aliphatic heterocycles. The van der Waals surface area contributed by atoms with Crippen LogP contribution in [0, 0.1) is 0 Å². The molecule has 1 unspecified atom stereocenters. The zero-order valence-corrected chi connectivity index (χ0v) is 19.3. The number of ether oxygens (including phenoxy) is 2. The maximum Gasteiger partial charge on any atom is 0.254 e. The molecule has 4 rings (SSSR count). The van der Waals surface area contributed by atoms with Crippen LogP contribution in [0.1, 0.15) is 47.4 Å². The van der Waals surface area contributed by atoms with Crippen molar-refractivity contribution >= 4 is 5.91 Å². The lowest BCUT2D eigenvalue weighted by Gasteiger charge is -2.28. The van der Waals surface area contributed by atoms with Crippen LogP contribution in [-0.2, 0) is 6.42 Å². The Morgan fingerprint density at radius 2 is 1.94 bits per heavy atom. The van der Waals surface area contributed by atoms with Gasteiger partial charge in [-0.05, 0) is 56.1 Å². The van der Waals surface area contributed by atoms with Gasteiger partial charge in [0, 0.05) is 12.6 Å². The van der Waals surface area contributed by atoms with Crippen LogP contribution in [0.2, 0.25) is 0 Å². The Kier molecular flexibility index (Phi) is 7.19. The number of hydrogen-bond donors (Lipinski definition) is 1. The van der Waals surface area contributed by atoms with E-state index >= 15 is 0 Å². The third-order valence-electron chi connectivity index (χ3n) is 6.02. The van der Waals surface area contributed by atoms with E-state index < -0.39 is 0 Å². The standard InChI is InChI=1S/C24H30N6O3/c1-4-20-19(15-26-30(20)22-10-11-23(33-3)28-27-22)24(31)25-16-21(29-12-5-6-13-29)17-8-7-9-18(14-17)32-2/h7-11,14-15,21H,4-6,12-13,16H2,1-3H3,(H,25,31). The van der Waals surface area contributed by atoms with Gasteiger partial charge >= 0.3 is 0 Å². The lowest BCUT2D eigenvalue weighted by atomic mass is 10.0. The first-order valence-corrected chi connectivity index (χ1v) is 11.3. The Morgan fingerprint density at radius 3 is 2.61 bits per heavy atom. The number of benzene rings is 1. The van der Waals surface area contributed by atoms with E-state index in [1.165, 1.54) is 12.8 Å². The fourth-order valence-electron chi connectivity index (χ4n) is 4.28. The highest BCUT2D eigenvalue weighted by Gasteiger charge is 2.25. The highest BCUT2D eigenvalue weighted by atomic mass is 16.5. The molecule has 1 aromatic carbocycles. The minimum atomic E-state index is -0.147. The van der Waals surface area contributed by atoms with Crippen molar-refractivity contribution in [2.45, 2.75) is 32.2 Å². The molecule has 1 fully saturated rings. The quantitative estimate of drug-likeness (QED) is 0.536. The number of carbonyl (C=O) groups excluding carboxylic acids is 1. The van der Waals surface area contributed by atoms with Gasteiger partial charge in [-0.2, -0.15) is 5.10 Å². The van der Waals surface area contributed by atoms with Gasteiger partial charge in [-0.25, -0.2) is 4.68 Å². The zero-order valence-electron chi connectivity index (χ0n) is 19.3. The summed E-state index contributed by atoms with van der Waals surface area (Å²) in [6.45, 7) is 4.53. The molecule has 33 heavy (non-hydrogen) atoms. The van der Waals surface area contributed by atoms with Crippen LogP contribution in [0.3, 0.4) is 0 Å². The van der Waals surface area contributed by atoms with Gasteiger partial charge in [-0.1, -0.05) is 19.1 Å². The van der Waals surface area contributed by atoms with Crippen LogP contribution in [0.5, 0.6) is 11.6 Å². The number of methoxy groups -OCH3 is 2. The van der Waals surface area contributed by atoms with Gasteiger partial charge in [0.2, 0.25) is 5.88 Å². The first kappa shape index (κ1) is 22.7. The van der Waals surface area contributed by atoms with Crippen molar-refractivity contribution < 1.29 is 14.3 Å². The average molecular weight is 451 g/mol. The van der Waals surface area contributed by atoms with E-state index in [2.05, 4.69) is 31.6 Å². The zero-order chi connectivity index (χ0) is 23.2. The van der Waals surface area contributed by atoms with E-state index in [0.29, 0.717) is 30.2 Å². The topological polar surface area (TPSA) is 94.4 Å². The van der Waals surface area contributed by atoms with E-state index in [4.69, 9.17) is 9.47 Å². The van der Waals surface area contributed by atoms with Crippen LogP contribution in [0.15, 0.2) is 42.6 Å². The lowest BCUT2D eigenvalue weighted by Crippen LogP contribution is -2.37. The Morgan fingerprint density at radius 1 is 1.12 bits per heavy atom. The van der Waals surface area contributed by atoms with Crippen molar-refractivity contribution in [3.63, 3.8) is 0 Å². The highest BCUT2D eigenvalue weighted by molar-refractivity contribution is 5.95. The molecule has 1 N–H and O–H groups in total. The molecule has 0 aliphatic carbocycles. The smallest absolute Gasteiger partial charge is 0.254 e. The maximum absolute atomic E-state index is 13.2. The molecule has 9 heteroatoms. The van der Waals surface area contributed by atoms with Crippen molar-refractivity contribution in [2.24, 2.45) is 0 Å². The van der Waals surface area contributed by atoms with E-state index in [1.807, 2.05) is 25.1 Å². The largest absolute Gasteiger partial charge is 0.497 e. The van der Waals surface area contributed by atoms with Crippen molar-refractivity contribution in [1.29, 1.82) is 0 Å². The molecule has 174 valence electrons. The Bertz CT molecular complexity index is 1080. The molecule has 3 aromatic rings. The van der Waals surface area contributed by atoms with Crippen LogP contribution >= 0.6 is 0 Å². The van der Waals surface area contributed by atoms with Crippen molar-refractivity contribution in [2.75, 3.05) is 33.9 Å². The van der Waals surface area contributed by atoms with E-state index in [0.717, 1.165) is 30.1 Å². The lowest BCUT2D eigenvalue weighted by molar-refractivity contribution is 0.0937. The Balaban J connectivity index is 1.53. The first-order valence-electron chi connectivity index (χ1n) is 11.3. The molecule has 3 heterocycles. The van der Waals surface area contributed by atoms with E-state index in [1.54, 1.807) is 37.2 Å². The summed E-state index contributed by atoms with van der Waals surface area (Å²) in [6, 6.07) is 11.6. The van der Waals surface area contributed by atoms with Crippen LogP contribution in [-0.4, -0.2) is 64.6 Å². The van der Waals surface area contributed by atoms with Gasteiger partial charge in [0.25, 0.3) is 5.91 Å². The maximum atomic E-state index is 13.2. The molecule has 0 saturated carbocycles. The minimum absolute atomic E-state index is 0.0825. The van der Waals surface area contributed by atoms with Gasteiger partial charge < -0.3 is 14.8 Å². The fraction of sp³-hybridized carbons (Fsp3) is 0.417. The van der Waals surface area contributed by atoms with Gasteiger partial charge in [0.15, 0.2) is 5.82 Å². The summed E-state index contributed by atoms with van der Waals surface area (Å²) >= 11 is 0. The number of nitrogens with one attached hydrogen (secondary N) is 1. The SMILES string of the molecule is CCc1c(C(=O)NCC(c2cccc(OC)c2)N2CCCC2)cnn1-c1ccc(OC)nn1. The van der Waals surface area contributed by atoms with Crippen LogP contribution in [0.4, 0.5) is 0 Å². The van der Waals surface area contributed by atoms with Crippen LogP contribution < -0.4 is 14.8 Å². The van der Waals surface area contributed by atoms with Gasteiger partial charge in [-0.15, -0.1) is 10.2 Å². The number of rotatable bonds is 9. The second-order valence-corrected chi connectivity index (χ2v) is 7.95. The summed E-state index contributed by atoms with van der Waals surface area (Å²) in [7, 11) is 3.21. The highest BCUT2D eigenvalue weighted by Crippen LogP contribution is 2.27. The van der Waals surface area contributed by atoms with Crippen molar-refractivity contribution in [3.8, 4) is 17.4 Å². The summed E-state index contributed by atoms with van der Waals surface area (Å²) < 4.78 is 12.1. The third-order valence-corrected chi connectivity index (χ3v) is 6.02. The number of aromatic nitrogens is 4. The molecule has 0 bridgehead atoms. The molecule has 0 spiro atoms. The Labute approximate surface area is 193 Å². The molecule has 1 aliphatic rings. The van der Waals surface area contributed by atoms with Gasteiger partial charge in [0.1, 0.15) is 5.75 Å². The second-order valence-electron chi connectivity index (χ2n) is 7.95. The third kappa shape index (κ3) is 4.98. The molecule has 2 aromatic heterocycles. The summed E-state index contributed by atoms with van der Waals surface area (Å²) in [6.07, 6.45) is 4.56. The predicted octanol–water partition coefficient (Wildman–Crippen LogP) is 2.81. The molecule has 9 nitrogen and oxygen atoms in total. The number of hydrogen-bond acceptors (Lipinski definition) is 7. The molecule has 1 amide bonds. The average Bonchev–Trinajstić information content (AvgIpc) is 3.54. The van der Waals surface area contributed by atoms with Crippen LogP contribution in [0.25, 0.3) is 5.82 Å². The first-order chi connectivity index (χ1) is 16.1. The number of nitrogens with zero attached hydrogens (tertiary/aromatic N) is 5. The minimum Gasteiger partial charge on any atom is -0.497 e. The summed E-state index contributed by atoms with van der Waals surface area (Å²) in [5.74, 6) is 1.63. The summed E-state index contributed by atoms with van der Waals surface area (Å²) in [5, 5.41) is 15.7. The summed E-state index contributed by atoms with van der Waals surface area (Å²) in [4.78, 5) is 15.6.